The summed E-state index contributed by atoms with van der Waals surface area (Å²) in [6, 6.07) is 4.00. The van der Waals surface area contributed by atoms with E-state index in [1.165, 1.54) is 0 Å². The summed E-state index contributed by atoms with van der Waals surface area (Å²) in [7, 11) is 1.91. The summed E-state index contributed by atoms with van der Waals surface area (Å²) < 4.78 is 0. The highest BCUT2D eigenvalue weighted by Crippen LogP contribution is 2.11. The lowest BCUT2D eigenvalue weighted by Crippen LogP contribution is -2.48. The molecule has 5 heteroatoms. The molecule has 0 radical (unpaired) electrons. The van der Waals surface area contributed by atoms with Crippen molar-refractivity contribution in [3.05, 3.63) is 23.9 Å². The largest absolute Gasteiger partial charge is 0.353 e. The van der Waals surface area contributed by atoms with Gasteiger partial charge in [0.15, 0.2) is 0 Å². The molecule has 0 bridgehead atoms. The van der Waals surface area contributed by atoms with E-state index in [9.17, 15) is 4.79 Å². The number of amides is 1. The smallest absolute Gasteiger partial charge is 0.239 e. The van der Waals surface area contributed by atoms with E-state index in [0.29, 0.717) is 13.1 Å². The monoisotopic (exact) mass is 220 g/mol. The van der Waals surface area contributed by atoms with Crippen molar-refractivity contribution >= 4 is 11.7 Å². The van der Waals surface area contributed by atoms with Gasteiger partial charge < -0.3 is 15.5 Å². The minimum absolute atomic E-state index is 0.0624. The molecule has 2 heterocycles. The van der Waals surface area contributed by atoms with Crippen LogP contribution < -0.4 is 15.5 Å². The zero-order chi connectivity index (χ0) is 11.4. The third-order valence-electron chi connectivity index (χ3n) is 2.55. The number of hydrogen-bond donors (Lipinski definition) is 2. The maximum absolute atomic E-state index is 11.2. The normalized spacial score (nSPS) is 16.1. The summed E-state index contributed by atoms with van der Waals surface area (Å²) in [5.41, 5.74) is 1.15. The third-order valence-corrected chi connectivity index (χ3v) is 2.55. The van der Waals surface area contributed by atoms with Gasteiger partial charge in [-0.05, 0) is 18.7 Å². The van der Waals surface area contributed by atoms with Crippen molar-refractivity contribution < 1.29 is 4.79 Å². The first-order chi connectivity index (χ1) is 7.79. The zero-order valence-electron chi connectivity index (χ0n) is 9.36. The van der Waals surface area contributed by atoms with E-state index < -0.39 is 0 Å². The van der Waals surface area contributed by atoms with E-state index in [1.807, 2.05) is 30.3 Å². The molecule has 1 aromatic heterocycles. The Morgan fingerprint density at radius 3 is 3.06 bits per heavy atom. The Balaban J connectivity index is 2.05. The summed E-state index contributed by atoms with van der Waals surface area (Å²) in [6.07, 6.45) is 1.85. The lowest BCUT2D eigenvalue weighted by molar-refractivity contribution is -0.120. The van der Waals surface area contributed by atoms with Crippen LogP contribution in [-0.4, -0.2) is 37.6 Å². The lowest BCUT2D eigenvalue weighted by atomic mass is 10.2. The summed E-state index contributed by atoms with van der Waals surface area (Å²) >= 11 is 0. The molecule has 0 saturated carbocycles. The van der Waals surface area contributed by atoms with Gasteiger partial charge in [0.05, 0.1) is 6.54 Å². The molecule has 1 aliphatic heterocycles. The van der Waals surface area contributed by atoms with Gasteiger partial charge in [-0.2, -0.15) is 0 Å². The Morgan fingerprint density at radius 2 is 2.44 bits per heavy atom. The molecule has 5 nitrogen and oxygen atoms in total. The van der Waals surface area contributed by atoms with Gasteiger partial charge in [-0.15, -0.1) is 0 Å². The van der Waals surface area contributed by atoms with E-state index in [2.05, 4.69) is 15.6 Å². The van der Waals surface area contributed by atoms with E-state index in [-0.39, 0.29) is 5.91 Å². The van der Waals surface area contributed by atoms with Gasteiger partial charge in [0.25, 0.3) is 0 Å². The number of rotatable bonds is 3. The van der Waals surface area contributed by atoms with E-state index in [1.54, 1.807) is 0 Å². The van der Waals surface area contributed by atoms with Crippen molar-refractivity contribution in [2.45, 2.75) is 6.54 Å². The maximum atomic E-state index is 11.2. The van der Waals surface area contributed by atoms with Crippen molar-refractivity contribution in [3.8, 4) is 0 Å². The minimum Gasteiger partial charge on any atom is -0.353 e. The van der Waals surface area contributed by atoms with Crippen LogP contribution in [0.5, 0.6) is 0 Å². The van der Waals surface area contributed by atoms with E-state index in [0.717, 1.165) is 24.5 Å². The average molecular weight is 220 g/mol. The standard InChI is InChI=1S/C11H16N4O/c1-12-6-9-2-3-10(14-7-9)15-5-4-13-11(16)8-15/h2-3,7,12H,4-6,8H2,1H3,(H,13,16). The van der Waals surface area contributed by atoms with Crippen molar-refractivity contribution in [3.63, 3.8) is 0 Å². The summed E-state index contributed by atoms with van der Waals surface area (Å²) in [5.74, 6) is 0.932. The van der Waals surface area contributed by atoms with Crippen molar-refractivity contribution in [2.75, 3.05) is 31.6 Å². The van der Waals surface area contributed by atoms with Crippen LogP contribution in [0.3, 0.4) is 0 Å². The van der Waals surface area contributed by atoms with Crippen LogP contribution in [0.1, 0.15) is 5.56 Å². The molecule has 0 aliphatic carbocycles. The molecular formula is C11H16N4O. The summed E-state index contributed by atoms with van der Waals surface area (Å²) in [4.78, 5) is 17.6. The van der Waals surface area contributed by atoms with Crippen LogP contribution in [0.4, 0.5) is 5.82 Å². The molecule has 1 saturated heterocycles. The number of aromatic nitrogens is 1. The Kier molecular flexibility index (Phi) is 3.36. The van der Waals surface area contributed by atoms with Crippen LogP contribution in [0.25, 0.3) is 0 Å². The number of carbonyl (C=O) groups is 1. The van der Waals surface area contributed by atoms with Gasteiger partial charge in [0, 0.05) is 25.8 Å². The topological polar surface area (TPSA) is 57.3 Å². The number of nitrogens with zero attached hydrogens (tertiary/aromatic N) is 2. The number of hydrogen-bond acceptors (Lipinski definition) is 4. The first-order valence-corrected chi connectivity index (χ1v) is 5.41. The fourth-order valence-corrected chi connectivity index (χ4v) is 1.75. The van der Waals surface area contributed by atoms with Gasteiger partial charge in [-0.3, -0.25) is 4.79 Å². The predicted octanol–water partition coefficient (Wildman–Crippen LogP) is -0.263. The molecular weight excluding hydrogens is 204 g/mol. The van der Waals surface area contributed by atoms with Crippen LogP contribution in [0, 0.1) is 0 Å². The van der Waals surface area contributed by atoms with E-state index in [4.69, 9.17) is 0 Å². The number of carbonyl (C=O) groups excluding carboxylic acids is 1. The SMILES string of the molecule is CNCc1ccc(N2CCNC(=O)C2)nc1. The molecule has 0 atom stereocenters. The van der Waals surface area contributed by atoms with Gasteiger partial charge in [-0.25, -0.2) is 4.98 Å². The quantitative estimate of drug-likeness (QED) is 0.736. The average Bonchev–Trinajstić information content (AvgIpc) is 2.30. The van der Waals surface area contributed by atoms with Gasteiger partial charge in [-0.1, -0.05) is 6.07 Å². The summed E-state index contributed by atoms with van der Waals surface area (Å²) in [5, 5.41) is 5.87. The number of pyridine rings is 1. The highest BCUT2D eigenvalue weighted by molar-refractivity contribution is 5.82. The second kappa shape index (κ2) is 4.94. The predicted molar refractivity (Wildman–Crippen MR) is 62.2 cm³/mol. The third kappa shape index (κ3) is 2.49. The van der Waals surface area contributed by atoms with Gasteiger partial charge in [0.2, 0.25) is 5.91 Å². The fourth-order valence-electron chi connectivity index (χ4n) is 1.75. The zero-order valence-corrected chi connectivity index (χ0v) is 9.36. The second-order valence-electron chi connectivity index (χ2n) is 3.83. The van der Waals surface area contributed by atoms with Crippen LogP contribution >= 0.6 is 0 Å². The number of piperazine rings is 1. The molecule has 1 aromatic rings. The first kappa shape index (κ1) is 10.9. The van der Waals surface area contributed by atoms with Crippen LogP contribution in [0.15, 0.2) is 18.3 Å². The lowest BCUT2D eigenvalue weighted by Gasteiger charge is -2.27. The molecule has 1 aliphatic rings. The van der Waals surface area contributed by atoms with E-state index >= 15 is 0 Å². The first-order valence-electron chi connectivity index (χ1n) is 5.41. The molecule has 0 spiro atoms. The summed E-state index contributed by atoms with van der Waals surface area (Å²) in [6.45, 7) is 2.73. The molecule has 1 fully saturated rings. The van der Waals surface area contributed by atoms with Gasteiger partial charge >= 0.3 is 0 Å². The van der Waals surface area contributed by atoms with Crippen molar-refractivity contribution in [2.24, 2.45) is 0 Å². The molecule has 2 N–H and O–H groups in total. The molecule has 0 aromatic carbocycles. The molecule has 86 valence electrons. The minimum atomic E-state index is 0.0624. The Hall–Kier alpha value is -1.62. The number of nitrogens with one attached hydrogen (secondary N) is 2. The number of anilines is 1. The van der Waals surface area contributed by atoms with Crippen LogP contribution in [-0.2, 0) is 11.3 Å². The highest BCUT2D eigenvalue weighted by atomic mass is 16.2. The van der Waals surface area contributed by atoms with Crippen molar-refractivity contribution in [1.29, 1.82) is 0 Å². The van der Waals surface area contributed by atoms with Gasteiger partial charge in [0.1, 0.15) is 5.82 Å². The van der Waals surface area contributed by atoms with Crippen molar-refractivity contribution in [1.82, 2.24) is 15.6 Å². The Bertz CT molecular complexity index is 363. The molecule has 0 unspecified atom stereocenters. The second-order valence-corrected chi connectivity index (χ2v) is 3.83. The fraction of sp³-hybridized carbons (Fsp3) is 0.455. The molecule has 2 rings (SSSR count). The maximum Gasteiger partial charge on any atom is 0.239 e. The molecule has 16 heavy (non-hydrogen) atoms. The Labute approximate surface area is 94.9 Å². The van der Waals surface area contributed by atoms with Crippen LogP contribution in [0.2, 0.25) is 0 Å². The Morgan fingerprint density at radius 1 is 1.56 bits per heavy atom. The highest BCUT2D eigenvalue weighted by Gasteiger charge is 2.16. The molecule has 1 amide bonds.